The fourth-order valence-electron chi connectivity index (χ4n) is 3.15. The van der Waals surface area contributed by atoms with Crippen molar-refractivity contribution in [1.82, 2.24) is 30.2 Å². The average molecular weight is 348 g/mol. The number of piperazine rings is 1. The van der Waals surface area contributed by atoms with Gasteiger partial charge in [-0.1, -0.05) is 29.0 Å². The number of nitrogens with one attached hydrogen (secondary N) is 1. The molecule has 0 aliphatic carbocycles. The van der Waals surface area contributed by atoms with Gasteiger partial charge in [0.05, 0.1) is 17.9 Å². The number of aryl methyl sites for hydroxylation is 1. The van der Waals surface area contributed by atoms with E-state index in [0.29, 0.717) is 18.8 Å². The first-order valence-corrected chi connectivity index (χ1v) is 8.63. The molecule has 26 heavy (non-hydrogen) atoms. The summed E-state index contributed by atoms with van der Waals surface area (Å²) in [6, 6.07) is 11.8. The first kappa shape index (κ1) is 16.4. The largest absolute Gasteiger partial charge is 0.328 e. The summed E-state index contributed by atoms with van der Waals surface area (Å²) in [5, 5.41) is 11.6. The number of pyridine rings is 1. The molecule has 0 saturated carbocycles. The zero-order valence-electron chi connectivity index (χ0n) is 14.5. The molecule has 0 spiro atoms. The molecule has 1 amide bonds. The van der Waals surface area contributed by atoms with Crippen LogP contribution < -0.4 is 5.32 Å². The summed E-state index contributed by atoms with van der Waals surface area (Å²) in [7, 11) is 0. The van der Waals surface area contributed by atoms with E-state index >= 15 is 0 Å². The van der Waals surface area contributed by atoms with E-state index in [0.717, 1.165) is 17.8 Å². The Hall–Kier alpha value is -3.06. The highest BCUT2D eigenvalue weighted by atomic mass is 16.2. The summed E-state index contributed by atoms with van der Waals surface area (Å²) in [6.45, 7) is 4.11. The molecule has 1 aliphatic rings. The molecule has 1 unspecified atom stereocenters. The van der Waals surface area contributed by atoms with Gasteiger partial charge in [0.15, 0.2) is 5.69 Å². The van der Waals surface area contributed by atoms with Gasteiger partial charge in [-0.15, -0.1) is 5.10 Å². The van der Waals surface area contributed by atoms with Gasteiger partial charge >= 0.3 is 0 Å². The van der Waals surface area contributed by atoms with Crippen molar-refractivity contribution in [3.05, 3.63) is 71.8 Å². The Bertz CT molecular complexity index is 890. The normalized spacial score (nSPS) is 17.3. The summed E-state index contributed by atoms with van der Waals surface area (Å²) in [6.07, 6.45) is 5.23. The van der Waals surface area contributed by atoms with Crippen LogP contribution in [-0.2, 0) is 0 Å². The summed E-state index contributed by atoms with van der Waals surface area (Å²) < 4.78 is 1.63. The molecule has 7 heteroatoms. The van der Waals surface area contributed by atoms with E-state index in [2.05, 4.69) is 20.6 Å². The van der Waals surface area contributed by atoms with Gasteiger partial charge in [-0.2, -0.15) is 0 Å². The fraction of sp³-hybridized carbons (Fsp3) is 0.263. The third-order valence-electron chi connectivity index (χ3n) is 4.58. The minimum Gasteiger partial charge on any atom is -0.328 e. The van der Waals surface area contributed by atoms with Crippen LogP contribution in [0.5, 0.6) is 0 Å². The molecule has 1 aliphatic heterocycles. The minimum atomic E-state index is -0.112. The number of carbonyl (C=O) groups excluding carboxylic acids is 1. The highest BCUT2D eigenvalue weighted by Crippen LogP contribution is 2.23. The van der Waals surface area contributed by atoms with Crippen molar-refractivity contribution in [2.24, 2.45) is 0 Å². The second kappa shape index (κ2) is 7.05. The maximum atomic E-state index is 13.0. The number of carbonyl (C=O) groups is 1. The zero-order chi connectivity index (χ0) is 17.9. The molecule has 4 rings (SSSR count). The Morgan fingerprint density at radius 1 is 1.23 bits per heavy atom. The Labute approximate surface area is 151 Å². The van der Waals surface area contributed by atoms with Gasteiger partial charge in [0.1, 0.15) is 0 Å². The van der Waals surface area contributed by atoms with Crippen LogP contribution in [0.25, 0.3) is 5.69 Å². The lowest BCUT2D eigenvalue weighted by molar-refractivity contribution is 0.0628. The van der Waals surface area contributed by atoms with Crippen LogP contribution in [0.15, 0.2) is 55.0 Å². The number of amides is 1. The highest BCUT2D eigenvalue weighted by molar-refractivity contribution is 5.92. The minimum absolute atomic E-state index is 0.0607. The Morgan fingerprint density at radius 2 is 2.08 bits per heavy atom. The number of hydrogen-bond donors (Lipinski definition) is 1. The lowest BCUT2D eigenvalue weighted by atomic mass is 10.0. The van der Waals surface area contributed by atoms with E-state index in [1.54, 1.807) is 23.3 Å². The molecule has 132 valence electrons. The molecule has 2 aromatic heterocycles. The number of nitrogens with zero attached hydrogens (tertiary/aromatic N) is 5. The molecule has 3 heterocycles. The van der Waals surface area contributed by atoms with Crippen molar-refractivity contribution in [3.8, 4) is 5.69 Å². The topological polar surface area (TPSA) is 75.9 Å². The molecular formula is C19H20N6O. The second-order valence-electron chi connectivity index (χ2n) is 6.39. The number of benzene rings is 1. The van der Waals surface area contributed by atoms with Crippen LogP contribution in [0, 0.1) is 6.92 Å². The predicted octanol–water partition coefficient (Wildman–Crippen LogP) is 1.76. The molecule has 1 atom stereocenters. The number of aromatic nitrogens is 4. The summed E-state index contributed by atoms with van der Waals surface area (Å²) >= 11 is 0. The Balaban J connectivity index is 1.59. The van der Waals surface area contributed by atoms with Gasteiger partial charge in [-0.3, -0.25) is 9.78 Å². The first-order valence-electron chi connectivity index (χ1n) is 8.63. The lowest BCUT2D eigenvalue weighted by Gasteiger charge is -2.35. The lowest BCUT2D eigenvalue weighted by Crippen LogP contribution is -2.48. The fourth-order valence-corrected chi connectivity index (χ4v) is 3.15. The smallest absolute Gasteiger partial charge is 0.276 e. The maximum absolute atomic E-state index is 13.0. The summed E-state index contributed by atoms with van der Waals surface area (Å²) in [5.74, 6) is -0.112. The van der Waals surface area contributed by atoms with Crippen LogP contribution in [-0.4, -0.2) is 50.4 Å². The molecule has 0 bridgehead atoms. The second-order valence-corrected chi connectivity index (χ2v) is 6.39. The van der Waals surface area contributed by atoms with Crippen molar-refractivity contribution in [2.45, 2.75) is 13.0 Å². The van der Waals surface area contributed by atoms with E-state index in [-0.39, 0.29) is 11.9 Å². The van der Waals surface area contributed by atoms with Crippen molar-refractivity contribution >= 4 is 5.91 Å². The quantitative estimate of drug-likeness (QED) is 0.780. The Morgan fingerprint density at radius 3 is 2.85 bits per heavy atom. The molecule has 7 nitrogen and oxygen atoms in total. The van der Waals surface area contributed by atoms with Gasteiger partial charge < -0.3 is 10.2 Å². The SMILES string of the molecule is Cc1ccc(-n2cc(C(=O)N3CCNCC3c3cccnc3)nn2)cc1. The number of rotatable bonds is 3. The van der Waals surface area contributed by atoms with Gasteiger partial charge in [0, 0.05) is 32.0 Å². The van der Waals surface area contributed by atoms with Crippen molar-refractivity contribution < 1.29 is 4.79 Å². The van der Waals surface area contributed by atoms with E-state index in [1.807, 2.05) is 48.2 Å². The van der Waals surface area contributed by atoms with Gasteiger partial charge in [0.2, 0.25) is 0 Å². The zero-order valence-corrected chi connectivity index (χ0v) is 14.5. The Kier molecular flexibility index (Phi) is 4.45. The third kappa shape index (κ3) is 3.21. The van der Waals surface area contributed by atoms with Crippen molar-refractivity contribution in [3.63, 3.8) is 0 Å². The van der Waals surface area contributed by atoms with Crippen LogP contribution >= 0.6 is 0 Å². The van der Waals surface area contributed by atoms with Crippen molar-refractivity contribution in [2.75, 3.05) is 19.6 Å². The first-order chi connectivity index (χ1) is 12.7. The molecule has 1 aromatic carbocycles. The van der Waals surface area contributed by atoms with Gasteiger partial charge in [-0.05, 0) is 30.7 Å². The monoisotopic (exact) mass is 348 g/mol. The molecule has 0 radical (unpaired) electrons. The molecule has 3 aromatic rings. The number of hydrogen-bond acceptors (Lipinski definition) is 5. The summed E-state index contributed by atoms with van der Waals surface area (Å²) in [5.41, 5.74) is 3.41. The van der Waals surface area contributed by atoms with Crippen LogP contribution in [0.1, 0.15) is 27.7 Å². The van der Waals surface area contributed by atoms with E-state index < -0.39 is 0 Å². The van der Waals surface area contributed by atoms with E-state index in [1.165, 1.54) is 5.56 Å². The van der Waals surface area contributed by atoms with Crippen LogP contribution in [0.2, 0.25) is 0 Å². The van der Waals surface area contributed by atoms with E-state index in [4.69, 9.17) is 0 Å². The molecular weight excluding hydrogens is 328 g/mol. The van der Waals surface area contributed by atoms with E-state index in [9.17, 15) is 4.79 Å². The van der Waals surface area contributed by atoms with Crippen LogP contribution in [0.4, 0.5) is 0 Å². The van der Waals surface area contributed by atoms with Gasteiger partial charge in [0.25, 0.3) is 5.91 Å². The highest BCUT2D eigenvalue weighted by Gasteiger charge is 2.30. The maximum Gasteiger partial charge on any atom is 0.276 e. The molecule has 1 N–H and O–H groups in total. The molecule has 1 saturated heterocycles. The molecule has 1 fully saturated rings. The van der Waals surface area contributed by atoms with Crippen molar-refractivity contribution in [1.29, 1.82) is 0 Å². The standard InChI is InChI=1S/C19H20N6O/c1-14-4-6-16(7-5-14)25-13-17(22-23-25)19(26)24-10-9-21-12-18(24)15-3-2-8-20-11-15/h2-8,11,13,18,21H,9-10,12H2,1H3. The predicted molar refractivity (Wildman–Crippen MR) is 97.0 cm³/mol. The summed E-state index contributed by atoms with van der Waals surface area (Å²) in [4.78, 5) is 19.1. The van der Waals surface area contributed by atoms with Crippen LogP contribution in [0.3, 0.4) is 0 Å². The third-order valence-corrected chi connectivity index (χ3v) is 4.58. The van der Waals surface area contributed by atoms with Gasteiger partial charge in [-0.25, -0.2) is 4.68 Å². The average Bonchev–Trinajstić information content (AvgIpc) is 3.19.